The molecule has 0 amide bonds. The van der Waals surface area contributed by atoms with Gasteiger partial charge in [0.15, 0.2) is 0 Å². The first kappa shape index (κ1) is 39.5. The van der Waals surface area contributed by atoms with Crippen molar-refractivity contribution in [3.8, 4) is 27.9 Å². The smallest absolute Gasteiger partial charge is 0.0541 e. The highest BCUT2D eigenvalue weighted by molar-refractivity contribution is 6.12. The first-order valence-corrected chi connectivity index (χ1v) is 23.1. The van der Waals surface area contributed by atoms with Gasteiger partial charge in [0, 0.05) is 56.0 Å². The van der Waals surface area contributed by atoms with Crippen molar-refractivity contribution in [3.05, 3.63) is 253 Å². The lowest BCUT2D eigenvalue weighted by atomic mass is 9.78. The third kappa shape index (κ3) is 6.75. The molecule has 0 saturated heterocycles. The Bertz CT molecular complexity index is 3190. The van der Waals surface area contributed by atoms with Gasteiger partial charge in [0.25, 0.3) is 0 Å². The molecule has 2 aliphatic carbocycles. The highest BCUT2D eigenvalue weighted by Gasteiger charge is 2.37. The van der Waals surface area contributed by atoms with Crippen molar-refractivity contribution in [2.24, 2.45) is 0 Å². The van der Waals surface area contributed by atoms with E-state index in [0.29, 0.717) is 0 Å². The van der Waals surface area contributed by atoms with Crippen LogP contribution in [-0.2, 0) is 5.41 Å². The maximum Gasteiger partial charge on any atom is 0.0541 e. The van der Waals surface area contributed by atoms with Gasteiger partial charge in [-0.05, 0) is 161 Å². The van der Waals surface area contributed by atoms with Crippen molar-refractivity contribution in [3.63, 3.8) is 0 Å². The van der Waals surface area contributed by atoms with Gasteiger partial charge < -0.3 is 14.4 Å². The number of aromatic nitrogens is 1. The van der Waals surface area contributed by atoms with Crippen molar-refractivity contribution in [2.45, 2.75) is 32.1 Å². The van der Waals surface area contributed by atoms with Gasteiger partial charge in [0.1, 0.15) is 0 Å². The molecule has 66 heavy (non-hydrogen) atoms. The second-order valence-corrected chi connectivity index (χ2v) is 18.1. The summed E-state index contributed by atoms with van der Waals surface area (Å²) in [6.07, 6.45) is 6.93. The molecule has 9 aromatic carbocycles. The summed E-state index contributed by atoms with van der Waals surface area (Å²) >= 11 is 0. The number of hydrogen-bond acceptors (Lipinski definition) is 2. The van der Waals surface area contributed by atoms with Gasteiger partial charge in [-0.2, -0.15) is 0 Å². The van der Waals surface area contributed by atoms with Crippen LogP contribution in [-0.4, -0.2) is 4.57 Å². The Morgan fingerprint density at radius 2 is 0.818 bits per heavy atom. The van der Waals surface area contributed by atoms with Crippen molar-refractivity contribution in [2.75, 3.05) is 9.80 Å². The number of nitrogens with zero attached hydrogens (tertiary/aromatic N) is 3. The molecule has 1 heterocycles. The topological polar surface area (TPSA) is 11.4 Å². The molecule has 0 aliphatic heterocycles. The second-order valence-electron chi connectivity index (χ2n) is 18.1. The van der Waals surface area contributed by atoms with Crippen LogP contribution >= 0.6 is 0 Å². The molecular weight excluding hydrogens is 799 g/mol. The molecule has 0 fully saturated rings. The molecule has 12 rings (SSSR count). The summed E-state index contributed by atoms with van der Waals surface area (Å²) in [7, 11) is 0. The van der Waals surface area contributed by atoms with Crippen LogP contribution in [0.5, 0.6) is 0 Å². The first-order chi connectivity index (χ1) is 32.5. The van der Waals surface area contributed by atoms with Crippen molar-refractivity contribution >= 4 is 61.5 Å². The van der Waals surface area contributed by atoms with Gasteiger partial charge in [0.2, 0.25) is 0 Å². The summed E-state index contributed by atoms with van der Waals surface area (Å²) in [5.74, 6) is 0. The van der Waals surface area contributed by atoms with Crippen molar-refractivity contribution < 1.29 is 0 Å². The standard InChI is InChI=1S/C63H49N3/c1-63(2)59-26-16-15-25-55(59)56-38-37-54(43-60(56)63)66-61-39-31-46(44-27-33-52(34-28-44)64(48-17-7-3-8-18-48)49-19-9-4-10-20-49)41-57(61)58-42-47(32-40-62(58)66)45-29-35-53(36-30-45)65(50-21-11-5-12-22-50)51-23-13-6-14-24-51/h3-15,17-25,27-43H,16,26H2,1-2H3. The minimum Gasteiger partial charge on any atom is -0.311 e. The van der Waals surface area contributed by atoms with E-state index in [9.17, 15) is 0 Å². The number of benzene rings is 9. The molecule has 0 saturated carbocycles. The number of anilines is 6. The normalized spacial score (nSPS) is 13.8. The quantitative estimate of drug-likeness (QED) is 0.143. The maximum absolute atomic E-state index is 2.49. The molecule has 0 atom stereocenters. The van der Waals surface area contributed by atoms with E-state index in [-0.39, 0.29) is 5.41 Å². The molecule has 2 aliphatic rings. The average Bonchev–Trinajstić information content (AvgIpc) is 3.82. The molecule has 1 aromatic heterocycles. The van der Waals surface area contributed by atoms with Crippen LogP contribution in [0.1, 0.15) is 37.8 Å². The maximum atomic E-state index is 2.49. The summed E-state index contributed by atoms with van der Waals surface area (Å²) in [6, 6.07) is 81.7. The van der Waals surface area contributed by atoms with Gasteiger partial charge in [-0.25, -0.2) is 0 Å². The lowest BCUT2D eigenvalue weighted by Gasteiger charge is -2.26. The second kappa shape index (κ2) is 16.1. The third-order valence-corrected chi connectivity index (χ3v) is 13.9. The summed E-state index contributed by atoms with van der Waals surface area (Å²) < 4.78 is 2.49. The van der Waals surface area contributed by atoms with E-state index in [1.807, 2.05) is 0 Å². The van der Waals surface area contributed by atoms with E-state index in [1.54, 1.807) is 5.57 Å². The minimum atomic E-state index is -0.0178. The number of rotatable bonds is 9. The summed E-state index contributed by atoms with van der Waals surface area (Å²) in [4.78, 5) is 4.63. The van der Waals surface area contributed by atoms with Crippen LogP contribution in [0.15, 0.2) is 242 Å². The van der Waals surface area contributed by atoms with Crippen molar-refractivity contribution in [1.29, 1.82) is 0 Å². The molecule has 0 bridgehead atoms. The average molecular weight is 848 g/mol. The molecule has 3 nitrogen and oxygen atoms in total. The van der Waals surface area contributed by atoms with E-state index in [0.717, 1.165) is 47.0 Å². The number of hydrogen-bond donors (Lipinski definition) is 0. The highest BCUT2D eigenvalue weighted by Crippen LogP contribution is 2.51. The fraction of sp³-hybridized carbons (Fsp3) is 0.0794. The van der Waals surface area contributed by atoms with Crippen LogP contribution in [0.4, 0.5) is 34.1 Å². The zero-order valence-corrected chi connectivity index (χ0v) is 37.3. The van der Waals surface area contributed by atoms with E-state index >= 15 is 0 Å². The molecule has 316 valence electrons. The fourth-order valence-corrected chi connectivity index (χ4v) is 10.6. The van der Waals surface area contributed by atoms with Gasteiger partial charge in [0.05, 0.1) is 11.0 Å². The van der Waals surface area contributed by atoms with Crippen LogP contribution in [0.2, 0.25) is 0 Å². The minimum absolute atomic E-state index is 0.0178. The van der Waals surface area contributed by atoms with Crippen LogP contribution < -0.4 is 9.80 Å². The fourth-order valence-electron chi connectivity index (χ4n) is 10.6. The first-order valence-electron chi connectivity index (χ1n) is 23.1. The van der Waals surface area contributed by atoms with E-state index in [1.165, 1.54) is 66.4 Å². The summed E-state index contributed by atoms with van der Waals surface area (Å²) in [5, 5.41) is 2.47. The predicted molar refractivity (Wildman–Crippen MR) is 279 cm³/mol. The summed E-state index contributed by atoms with van der Waals surface area (Å²) in [5.41, 5.74) is 20.9. The number of fused-ring (bicyclic) bond motifs is 5. The zero-order valence-electron chi connectivity index (χ0n) is 37.3. The predicted octanol–water partition coefficient (Wildman–Crippen LogP) is 17.5. The number of allylic oxidation sites excluding steroid dienone is 4. The van der Waals surface area contributed by atoms with Crippen LogP contribution in [0, 0.1) is 0 Å². The third-order valence-electron chi connectivity index (χ3n) is 13.9. The summed E-state index contributed by atoms with van der Waals surface area (Å²) in [6.45, 7) is 4.83. The van der Waals surface area contributed by atoms with Gasteiger partial charge in [-0.1, -0.05) is 147 Å². The van der Waals surface area contributed by atoms with E-state index < -0.39 is 0 Å². The monoisotopic (exact) mass is 847 g/mol. The van der Waals surface area contributed by atoms with Gasteiger partial charge >= 0.3 is 0 Å². The molecular formula is C63H49N3. The molecule has 0 spiro atoms. The SMILES string of the molecule is CC1(C)C2=C(C=CCC2)c2ccc(-n3c4ccc(-c5ccc(N(c6ccccc6)c6ccccc6)cc5)cc4c4cc(-c5ccc(N(c6ccccc6)c6ccccc6)cc5)ccc43)cc21. The Morgan fingerprint density at radius 3 is 1.26 bits per heavy atom. The Morgan fingerprint density at radius 1 is 0.409 bits per heavy atom. The Balaban J connectivity index is 0.974. The van der Waals surface area contributed by atoms with E-state index in [4.69, 9.17) is 0 Å². The lowest BCUT2D eigenvalue weighted by molar-refractivity contribution is 0.607. The van der Waals surface area contributed by atoms with Crippen LogP contribution in [0.25, 0.3) is 55.3 Å². The van der Waals surface area contributed by atoms with Gasteiger partial charge in [-0.3, -0.25) is 0 Å². The molecule has 0 radical (unpaired) electrons. The molecule has 0 N–H and O–H groups in total. The van der Waals surface area contributed by atoms with Crippen molar-refractivity contribution in [1.82, 2.24) is 4.57 Å². The molecule has 3 heteroatoms. The Hall–Kier alpha value is -8.14. The van der Waals surface area contributed by atoms with Crippen LogP contribution in [0.3, 0.4) is 0 Å². The Labute approximate surface area is 387 Å². The highest BCUT2D eigenvalue weighted by atomic mass is 15.1. The van der Waals surface area contributed by atoms with E-state index in [2.05, 4.69) is 265 Å². The molecule has 10 aromatic rings. The number of para-hydroxylation sites is 4. The molecule has 0 unspecified atom stereocenters. The Kier molecular flexibility index (Phi) is 9.65. The lowest BCUT2D eigenvalue weighted by Crippen LogP contribution is -2.18. The zero-order chi connectivity index (χ0) is 44.2. The largest absolute Gasteiger partial charge is 0.311 e. The van der Waals surface area contributed by atoms with Gasteiger partial charge in [-0.15, -0.1) is 0 Å².